The highest BCUT2D eigenvalue weighted by atomic mass is 16.5. The van der Waals surface area contributed by atoms with Gasteiger partial charge in [0.1, 0.15) is 11.4 Å². The zero-order valence-corrected chi connectivity index (χ0v) is 18.7. The Morgan fingerprint density at radius 2 is 1.97 bits per heavy atom. The monoisotopic (exact) mass is 451 g/mol. The molecule has 33 heavy (non-hydrogen) atoms. The number of methoxy groups -OCH3 is 1. The first-order valence-electron chi connectivity index (χ1n) is 10.6. The van der Waals surface area contributed by atoms with Crippen LogP contribution in [0.3, 0.4) is 0 Å². The standard InChI is InChI=1S/C23H29N7O3/c1-3-15-7-9-16(10-8-15)21(19-13-27-19)29-22(31)17(24)14-30(25)12-11-26-23(32)18-5-4-6-20(28-18)33-2/h4-10,14,21H,3,11-13,24-25H2,1-2H3,(H,26,32)(H,29,31). The second kappa shape index (κ2) is 11.1. The third-order valence-electron chi connectivity index (χ3n) is 5.06. The fourth-order valence-electron chi connectivity index (χ4n) is 3.09. The van der Waals surface area contributed by atoms with E-state index in [2.05, 4.69) is 27.5 Å². The van der Waals surface area contributed by atoms with Gasteiger partial charge in [0.15, 0.2) is 0 Å². The van der Waals surface area contributed by atoms with Gasteiger partial charge in [-0.15, -0.1) is 0 Å². The zero-order valence-electron chi connectivity index (χ0n) is 18.7. The largest absolute Gasteiger partial charge is 0.481 e. The summed E-state index contributed by atoms with van der Waals surface area (Å²) in [4.78, 5) is 33.1. The van der Waals surface area contributed by atoms with E-state index in [4.69, 9.17) is 16.3 Å². The smallest absolute Gasteiger partial charge is 0.270 e. The third kappa shape index (κ3) is 6.78. The summed E-state index contributed by atoms with van der Waals surface area (Å²) >= 11 is 0. The average molecular weight is 452 g/mol. The van der Waals surface area contributed by atoms with Gasteiger partial charge in [-0.25, -0.2) is 10.8 Å². The maximum absolute atomic E-state index is 12.6. The Balaban J connectivity index is 1.51. The number of hydrazine groups is 1. The van der Waals surface area contributed by atoms with Crippen LogP contribution in [0.15, 0.2) is 59.4 Å². The molecule has 0 saturated heterocycles. The van der Waals surface area contributed by atoms with E-state index in [1.54, 1.807) is 18.2 Å². The molecule has 0 spiro atoms. The number of hydrogen-bond acceptors (Lipinski definition) is 8. The van der Waals surface area contributed by atoms with Crippen molar-refractivity contribution in [2.75, 3.05) is 26.7 Å². The minimum absolute atomic E-state index is 0.0466. The summed E-state index contributed by atoms with van der Waals surface area (Å²) in [6.45, 7) is 3.17. The molecule has 10 nitrogen and oxygen atoms in total. The SMILES string of the molecule is CCc1ccc(C(NC(=O)C(N)=CN(N)CCNC(=O)c2cccc(OC)n2)C2=NC2)cc1. The highest BCUT2D eigenvalue weighted by molar-refractivity contribution is 6.05. The van der Waals surface area contributed by atoms with Gasteiger partial charge in [-0.3, -0.25) is 14.6 Å². The highest BCUT2D eigenvalue weighted by Crippen LogP contribution is 2.21. The number of nitrogens with one attached hydrogen (secondary N) is 2. The Morgan fingerprint density at radius 1 is 1.24 bits per heavy atom. The highest BCUT2D eigenvalue weighted by Gasteiger charge is 2.27. The predicted octanol–water partition coefficient (Wildman–Crippen LogP) is 0.670. The summed E-state index contributed by atoms with van der Waals surface area (Å²) < 4.78 is 5.01. The molecule has 1 aliphatic heterocycles. The van der Waals surface area contributed by atoms with Crippen molar-refractivity contribution in [3.8, 4) is 5.88 Å². The molecule has 1 aromatic carbocycles. The zero-order chi connectivity index (χ0) is 23.8. The van der Waals surface area contributed by atoms with Gasteiger partial charge in [0.2, 0.25) is 5.88 Å². The van der Waals surface area contributed by atoms with E-state index < -0.39 is 5.91 Å². The van der Waals surface area contributed by atoms with E-state index in [9.17, 15) is 9.59 Å². The molecule has 6 N–H and O–H groups in total. The second-order valence-electron chi connectivity index (χ2n) is 7.45. The molecule has 0 saturated carbocycles. The Labute approximate surface area is 192 Å². The Hall–Kier alpha value is -3.92. The number of rotatable bonds is 11. The molecule has 174 valence electrons. The number of pyridine rings is 1. The molecule has 2 heterocycles. The fourth-order valence-corrected chi connectivity index (χ4v) is 3.09. The quantitative estimate of drug-likeness (QED) is 0.223. The minimum atomic E-state index is -0.450. The summed E-state index contributed by atoms with van der Waals surface area (Å²) in [5, 5.41) is 6.86. The van der Waals surface area contributed by atoms with Crippen LogP contribution in [-0.4, -0.2) is 54.3 Å². The van der Waals surface area contributed by atoms with E-state index in [-0.39, 0.29) is 36.4 Å². The summed E-state index contributed by atoms with van der Waals surface area (Å²) in [6, 6.07) is 12.6. The lowest BCUT2D eigenvalue weighted by Gasteiger charge is -2.18. The van der Waals surface area contributed by atoms with Gasteiger partial charge in [0, 0.05) is 18.8 Å². The van der Waals surface area contributed by atoms with Crippen LogP contribution >= 0.6 is 0 Å². The molecule has 10 heteroatoms. The van der Waals surface area contributed by atoms with Crippen LogP contribution in [-0.2, 0) is 11.2 Å². The number of aryl methyl sites for hydroxylation is 1. The number of hydrogen-bond donors (Lipinski definition) is 4. The number of aliphatic imine (C=N–C) groups is 1. The number of carbonyl (C=O) groups is 2. The van der Waals surface area contributed by atoms with Crippen molar-refractivity contribution in [1.29, 1.82) is 0 Å². The van der Waals surface area contributed by atoms with Crippen molar-refractivity contribution < 1.29 is 14.3 Å². The van der Waals surface area contributed by atoms with Crippen molar-refractivity contribution in [1.82, 2.24) is 20.6 Å². The lowest BCUT2D eigenvalue weighted by atomic mass is 10.0. The van der Waals surface area contributed by atoms with Crippen molar-refractivity contribution in [2.45, 2.75) is 19.4 Å². The maximum Gasteiger partial charge on any atom is 0.270 e. The molecular weight excluding hydrogens is 422 g/mol. The molecule has 1 unspecified atom stereocenters. The van der Waals surface area contributed by atoms with Crippen LogP contribution in [0.5, 0.6) is 5.88 Å². The number of nitrogens with two attached hydrogens (primary N) is 2. The molecule has 0 aliphatic carbocycles. The van der Waals surface area contributed by atoms with Gasteiger partial charge in [-0.05, 0) is 23.6 Å². The summed E-state index contributed by atoms with van der Waals surface area (Å²) in [7, 11) is 1.48. The maximum atomic E-state index is 12.6. The van der Waals surface area contributed by atoms with Crippen molar-refractivity contribution >= 4 is 17.5 Å². The van der Waals surface area contributed by atoms with E-state index in [0.717, 1.165) is 17.7 Å². The first-order valence-corrected chi connectivity index (χ1v) is 10.6. The second-order valence-corrected chi connectivity index (χ2v) is 7.45. The molecule has 3 rings (SSSR count). The number of carbonyl (C=O) groups excluding carboxylic acids is 2. The molecule has 0 fully saturated rings. The molecular formula is C23H29N7O3. The molecule has 1 atom stereocenters. The van der Waals surface area contributed by atoms with E-state index in [1.165, 1.54) is 23.9 Å². The predicted molar refractivity (Wildman–Crippen MR) is 125 cm³/mol. The normalized spacial score (nSPS) is 13.5. The van der Waals surface area contributed by atoms with Gasteiger partial charge in [0.25, 0.3) is 11.8 Å². The van der Waals surface area contributed by atoms with E-state index >= 15 is 0 Å². The van der Waals surface area contributed by atoms with Crippen LogP contribution in [0, 0.1) is 0 Å². The van der Waals surface area contributed by atoms with Gasteiger partial charge in [-0.2, -0.15) is 0 Å². The fraction of sp³-hybridized carbons (Fsp3) is 0.304. The van der Waals surface area contributed by atoms with Crippen LogP contribution in [0.4, 0.5) is 0 Å². The number of benzene rings is 1. The van der Waals surface area contributed by atoms with Gasteiger partial charge < -0.3 is 26.1 Å². The number of nitrogens with zero attached hydrogens (tertiary/aromatic N) is 3. The summed E-state index contributed by atoms with van der Waals surface area (Å²) in [5.41, 5.74) is 9.19. The first-order chi connectivity index (χ1) is 15.9. The van der Waals surface area contributed by atoms with E-state index in [1.807, 2.05) is 24.3 Å². The van der Waals surface area contributed by atoms with Gasteiger partial charge >= 0.3 is 0 Å². The Morgan fingerprint density at radius 3 is 2.61 bits per heavy atom. The van der Waals surface area contributed by atoms with Crippen LogP contribution in [0.25, 0.3) is 0 Å². The minimum Gasteiger partial charge on any atom is -0.481 e. The van der Waals surface area contributed by atoms with E-state index in [0.29, 0.717) is 12.4 Å². The molecule has 0 radical (unpaired) electrons. The topological polar surface area (TPSA) is 148 Å². The van der Waals surface area contributed by atoms with Crippen LogP contribution in [0.2, 0.25) is 0 Å². The summed E-state index contributed by atoms with van der Waals surface area (Å²) in [6.07, 6.45) is 2.27. The molecule has 0 bridgehead atoms. The van der Waals surface area contributed by atoms with Crippen molar-refractivity contribution in [3.63, 3.8) is 0 Å². The number of amides is 2. The van der Waals surface area contributed by atoms with Gasteiger partial charge in [0.05, 0.1) is 32.0 Å². The number of ether oxygens (including phenoxy) is 1. The number of aromatic nitrogens is 1. The third-order valence-corrected chi connectivity index (χ3v) is 5.06. The summed E-state index contributed by atoms with van der Waals surface area (Å²) in [5.74, 6) is 5.45. The molecule has 2 amide bonds. The lowest BCUT2D eigenvalue weighted by Crippen LogP contribution is -2.39. The lowest BCUT2D eigenvalue weighted by molar-refractivity contribution is -0.118. The van der Waals surface area contributed by atoms with Crippen LogP contribution < -0.4 is 26.9 Å². The molecule has 2 aromatic rings. The first kappa shape index (κ1) is 23.7. The Kier molecular flexibility index (Phi) is 7.98. The average Bonchev–Trinajstić information content (AvgIpc) is 3.67. The van der Waals surface area contributed by atoms with Crippen LogP contribution in [0.1, 0.15) is 34.6 Å². The van der Waals surface area contributed by atoms with Gasteiger partial charge in [-0.1, -0.05) is 37.3 Å². The molecule has 1 aromatic heterocycles. The Bertz CT molecular complexity index is 1050. The van der Waals surface area contributed by atoms with Crippen molar-refractivity contribution in [3.05, 3.63) is 71.2 Å². The molecule has 1 aliphatic rings. The van der Waals surface area contributed by atoms with Crippen molar-refractivity contribution in [2.24, 2.45) is 16.6 Å².